The molecule has 0 amide bonds. The molecule has 0 saturated carbocycles. The van der Waals surface area contributed by atoms with Crippen LogP contribution in [0.5, 0.6) is 11.5 Å². The summed E-state index contributed by atoms with van der Waals surface area (Å²) in [4.78, 5) is 13.2. The van der Waals surface area contributed by atoms with Crippen LogP contribution >= 0.6 is 23.2 Å². The highest BCUT2D eigenvalue weighted by Crippen LogP contribution is 2.54. The number of aryl methyl sites for hydroxylation is 1. The maximum Gasteiger partial charge on any atom is 0.173 e. The Bertz CT molecular complexity index is 1050. The van der Waals surface area contributed by atoms with E-state index in [1.807, 2.05) is 25.1 Å². The number of Topliss-reactive ketones (excluding diaryl/α,β-unsaturated/α-hetero) is 1. The number of ketones is 1. The molecule has 6 heteroatoms. The van der Waals surface area contributed by atoms with E-state index in [1.165, 1.54) is 0 Å². The maximum atomic E-state index is 13.2. The zero-order valence-corrected chi connectivity index (χ0v) is 17.3. The number of carbonyl (C=O) groups is 1. The van der Waals surface area contributed by atoms with Crippen LogP contribution in [0.15, 0.2) is 42.2 Å². The molecule has 0 unspecified atom stereocenters. The monoisotopic (exact) mass is 430 g/mol. The highest BCUT2D eigenvalue weighted by molar-refractivity contribution is 6.35. The Labute approximate surface area is 179 Å². The second-order valence-electron chi connectivity index (χ2n) is 7.82. The van der Waals surface area contributed by atoms with Gasteiger partial charge in [-0.2, -0.15) is 0 Å². The number of hydrogen-bond donors (Lipinski definition) is 1. The van der Waals surface area contributed by atoms with E-state index < -0.39 is 0 Å². The number of fused-ring (bicyclic) bond motifs is 5. The third-order valence-corrected chi connectivity index (χ3v) is 6.78. The Balaban J connectivity index is 1.54. The molecular weight excluding hydrogens is 411 g/mol. The predicted octanol–water partition coefficient (Wildman–Crippen LogP) is 5.99. The molecule has 2 bridgehead atoms. The van der Waals surface area contributed by atoms with Crippen molar-refractivity contribution in [2.75, 3.05) is 0 Å². The summed E-state index contributed by atoms with van der Waals surface area (Å²) >= 11 is 12.2. The van der Waals surface area contributed by atoms with Crippen LogP contribution in [0.4, 0.5) is 0 Å². The number of benzene rings is 2. The first-order chi connectivity index (χ1) is 14.0. The van der Waals surface area contributed by atoms with Crippen molar-refractivity contribution in [2.45, 2.75) is 38.4 Å². The summed E-state index contributed by atoms with van der Waals surface area (Å²) in [6.07, 6.45) is 2.39. The highest BCUT2D eigenvalue weighted by atomic mass is 35.5. The SMILES string of the molecule is CCc1ccc(Oc2ccc(Cl)cc2Cl)cc1C1=C(O)[C@H]2[C@@H](C1=O)[C@@H]1CC[C@H]2O1. The van der Waals surface area contributed by atoms with Gasteiger partial charge in [0, 0.05) is 5.02 Å². The Morgan fingerprint density at radius 1 is 1.10 bits per heavy atom. The van der Waals surface area contributed by atoms with Gasteiger partial charge in [-0.05, 0) is 60.7 Å². The first-order valence-electron chi connectivity index (χ1n) is 9.87. The molecule has 3 aliphatic rings. The lowest BCUT2D eigenvalue weighted by Crippen LogP contribution is -2.29. The first-order valence-corrected chi connectivity index (χ1v) is 10.6. The van der Waals surface area contributed by atoms with Gasteiger partial charge in [-0.15, -0.1) is 0 Å². The Morgan fingerprint density at radius 3 is 2.55 bits per heavy atom. The van der Waals surface area contributed by atoms with Crippen molar-refractivity contribution in [2.24, 2.45) is 11.8 Å². The van der Waals surface area contributed by atoms with Crippen molar-refractivity contribution in [3.8, 4) is 11.5 Å². The van der Waals surface area contributed by atoms with Crippen LogP contribution in [-0.2, 0) is 16.0 Å². The normalized spacial score (nSPS) is 27.6. The Morgan fingerprint density at radius 2 is 1.86 bits per heavy atom. The van der Waals surface area contributed by atoms with Crippen molar-refractivity contribution in [1.82, 2.24) is 0 Å². The summed E-state index contributed by atoms with van der Waals surface area (Å²) < 4.78 is 11.8. The number of halogens is 2. The molecule has 2 aliphatic heterocycles. The lowest BCUT2D eigenvalue weighted by Gasteiger charge is -2.19. The van der Waals surface area contributed by atoms with E-state index in [0.717, 1.165) is 30.4 Å². The standard InChI is InChI=1S/C23H20Cl2O4/c1-2-11-3-5-13(28-16-6-4-12(24)9-15(16)25)10-14(11)19-22(26)20-17-7-8-18(29-17)21(20)23(19)27/h3-6,9-10,17-18,20-21,26H,2,7-8H2,1H3/t17-,18+,20-,21+/m1/s1. The van der Waals surface area contributed by atoms with Crippen molar-refractivity contribution >= 4 is 34.6 Å². The highest BCUT2D eigenvalue weighted by Gasteiger charge is 2.59. The quantitative estimate of drug-likeness (QED) is 0.646. The molecule has 5 rings (SSSR count). The van der Waals surface area contributed by atoms with Gasteiger partial charge in [0.15, 0.2) is 5.78 Å². The summed E-state index contributed by atoms with van der Waals surface area (Å²) in [6.45, 7) is 2.03. The lowest BCUT2D eigenvalue weighted by atomic mass is 9.80. The average molecular weight is 431 g/mol. The van der Waals surface area contributed by atoms with E-state index >= 15 is 0 Å². The number of allylic oxidation sites excluding steroid dienone is 1. The van der Waals surface area contributed by atoms with Crippen LogP contribution in [0.2, 0.25) is 10.0 Å². The molecule has 0 aromatic heterocycles. The minimum absolute atomic E-state index is 0.0175. The lowest BCUT2D eigenvalue weighted by molar-refractivity contribution is -0.118. The third-order valence-electron chi connectivity index (χ3n) is 6.25. The zero-order chi connectivity index (χ0) is 20.3. The van der Waals surface area contributed by atoms with Gasteiger partial charge in [-0.25, -0.2) is 0 Å². The van der Waals surface area contributed by atoms with E-state index in [9.17, 15) is 9.90 Å². The van der Waals surface area contributed by atoms with Gasteiger partial charge in [-0.1, -0.05) is 36.2 Å². The van der Waals surface area contributed by atoms with Crippen molar-refractivity contribution in [3.63, 3.8) is 0 Å². The minimum atomic E-state index is -0.260. The Kier molecular flexibility index (Phi) is 4.61. The van der Waals surface area contributed by atoms with Gasteiger partial charge < -0.3 is 14.6 Å². The first kappa shape index (κ1) is 19.0. The Hall–Kier alpha value is -2.01. The van der Waals surface area contributed by atoms with Crippen LogP contribution in [-0.4, -0.2) is 23.1 Å². The van der Waals surface area contributed by atoms with Gasteiger partial charge >= 0.3 is 0 Å². The zero-order valence-electron chi connectivity index (χ0n) is 15.8. The largest absolute Gasteiger partial charge is 0.511 e. The van der Waals surface area contributed by atoms with Crippen LogP contribution in [0, 0.1) is 11.8 Å². The van der Waals surface area contributed by atoms with Gasteiger partial charge in [0.2, 0.25) is 0 Å². The molecule has 1 N–H and O–H groups in total. The molecule has 4 atom stereocenters. The summed E-state index contributed by atoms with van der Waals surface area (Å²) in [5.41, 5.74) is 2.14. The van der Waals surface area contributed by atoms with Gasteiger partial charge in [-0.3, -0.25) is 4.79 Å². The molecule has 2 aromatic carbocycles. The van der Waals surface area contributed by atoms with E-state index in [2.05, 4.69) is 0 Å². The van der Waals surface area contributed by atoms with Gasteiger partial charge in [0.1, 0.15) is 17.3 Å². The van der Waals surface area contributed by atoms with E-state index in [0.29, 0.717) is 27.1 Å². The van der Waals surface area contributed by atoms with E-state index in [1.54, 1.807) is 18.2 Å². The van der Waals surface area contributed by atoms with E-state index in [-0.39, 0.29) is 35.6 Å². The summed E-state index contributed by atoms with van der Waals surface area (Å²) in [5.74, 6) is 0.705. The smallest absolute Gasteiger partial charge is 0.173 e. The minimum Gasteiger partial charge on any atom is -0.511 e. The van der Waals surface area contributed by atoms with Crippen LogP contribution in [0.1, 0.15) is 30.9 Å². The fourth-order valence-corrected chi connectivity index (χ4v) is 5.38. The molecule has 2 heterocycles. The van der Waals surface area contributed by atoms with Gasteiger partial charge in [0.25, 0.3) is 0 Å². The van der Waals surface area contributed by atoms with Gasteiger partial charge in [0.05, 0.1) is 34.6 Å². The fourth-order valence-electron chi connectivity index (χ4n) is 4.93. The summed E-state index contributed by atoms with van der Waals surface area (Å²) in [7, 11) is 0. The van der Waals surface area contributed by atoms with E-state index in [4.69, 9.17) is 32.7 Å². The number of aliphatic hydroxyl groups excluding tert-OH is 1. The third kappa shape index (κ3) is 2.97. The molecule has 4 nitrogen and oxygen atoms in total. The molecule has 2 aromatic rings. The van der Waals surface area contributed by atoms with Crippen molar-refractivity contribution in [1.29, 1.82) is 0 Å². The number of aliphatic hydroxyl groups is 1. The number of hydrogen-bond acceptors (Lipinski definition) is 4. The summed E-state index contributed by atoms with van der Waals surface area (Å²) in [6, 6.07) is 10.6. The second-order valence-corrected chi connectivity index (χ2v) is 8.66. The molecule has 1 aliphatic carbocycles. The predicted molar refractivity (Wildman–Crippen MR) is 112 cm³/mol. The van der Waals surface area contributed by atoms with Crippen LogP contribution in [0.3, 0.4) is 0 Å². The summed E-state index contributed by atoms with van der Waals surface area (Å²) in [5, 5.41) is 11.9. The second kappa shape index (κ2) is 7.05. The molecule has 2 saturated heterocycles. The molecule has 29 heavy (non-hydrogen) atoms. The number of rotatable bonds is 4. The molecule has 150 valence electrons. The fraction of sp³-hybridized carbons (Fsp3) is 0.348. The number of carbonyl (C=O) groups excluding carboxylic acids is 1. The molecule has 0 radical (unpaired) electrons. The maximum absolute atomic E-state index is 13.2. The van der Waals surface area contributed by atoms with Crippen molar-refractivity contribution in [3.05, 3.63) is 63.3 Å². The van der Waals surface area contributed by atoms with Crippen LogP contribution < -0.4 is 4.74 Å². The molecule has 0 spiro atoms. The average Bonchev–Trinajstić information content (AvgIpc) is 3.38. The molecular formula is C23H20Cl2O4. The topological polar surface area (TPSA) is 55.8 Å². The number of ether oxygens (including phenoxy) is 2. The van der Waals surface area contributed by atoms with Crippen LogP contribution in [0.25, 0.3) is 5.57 Å². The molecule has 2 fully saturated rings. The van der Waals surface area contributed by atoms with Crippen molar-refractivity contribution < 1.29 is 19.4 Å².